The van der Waals surface area contributed by atoms with Gasteiger partial charge in [-0.15, -0.1) is 0 Å². The second-order valence-corrected chi connectivity index (χ2v) is 10.4. The van der Waals surface area contributed by atoms with E-state index < -0.39 is 0 Å². The predicted molar refractivity (Wildman–Crippen MR) is 138 cm³/mol. The average Bonchev–Trinajstić information content (AvgIpc) is 3.61. The van der Waals surface area contributed by atoms with Crippen LogP contribution in [-0.2, 0) is 11.2 Å². The fraction of sp³-hybridized carbons (Fsp3) is 0.607. The van der Waals surface area contributed by atoms with Gasteiger partial charge in [-0.3, -0.25) is 14.5 Å². The minimum absolute atomic E-state index is 0.0187. The fourth-order valence-corrected chi connectivity index (χ4v) is 6.25. The molecular formula is C28H38N4O5. The summed E-state index contributed by atoms with van der Waals surface area (Å²) >= 11 is 0. The summed E-state index contributed by atoms with van der Waals surface area (Å²) in [4.78, 5) is 30.8. The zero-order chi connectivity index (χ0) is 25.9. The van der Waals surface area contributed by atoms with E-state index in [0.29, 0.717) is 67.6 Å². The Bertz CT molecular complexity index is 1130. The van der Waals surface area contributed by atoms with Crippen LogP contribution in [0.3, 0.4) is 0 Å². The van der Waals surface area contributed by atoms with Gasteiger partial charge in [-0.05, 0) is 75.6 Å². The number of carbonyl (C=O) groups is 2. The number of nitrogens with one attached hydrogen (secondary N) is 1. The van der Waals surface area contributed by atoms with Crippen molar-refractivity contribution in [1.82, 2.24) is 20.3 Å². The molecule has 9 heteroatoms. The van der Waals surface area contributed by atoms with E-state index in [1.54, 1.807) is 18.9 Å². The molecule has 0 unspecified atom stereocenters. The Balaban J connectivity index is 1.39. The van der Waals surface area contributed by atoms with Crippen LogP contribution in [0.2, 0.25) is 0 Å². The van der Waals surface area contributed by atoms with Gasteiger partial charge in [0, 0.05) is 25.2 Å². The van der Waals surface area contributed by atoms with Gasteiger partial charge in [0.15, 0.2) is 11.5 Å². The molecule has 0 spiro atoms. The van der Waals surface area contributed by atoms with E-state index in [-0.39, 0.29) is 18.4 Å². The van der Waals surface area contributed by atoms with Crippen molar-refractivity contribution < 1.29 is 23.6 Å². The van der Waals surface area contributed by atoms with E-state index in [4.69, 9.17) is 14.0 Å². The first-order valence-corrected chi connectivity index (χ1v) is 13.6. The quantitative estimate of drug-likeness (QED) is 0.675. The molecule has 0 aliphatic carbocycles. The van der Waals surface area contributed by atoms with Gasteiger partial charge in [0.2, 0.25) is 5.91 Å². The third-order valence-electron chi connectivity index (χ3n) is 8.13. The number of rotatable bonds is 3. The van der Waals surface area contributed by atoms with Gasteiger partial charge in [-0.2, -0.15) is 0 Å². The van der Waals surface area contributed by atoms with Crippen LogP contribution in [0.4, 0.5) is 0 Å². The van der Waals surface area contributed by atoms with Gasteiger partial charge in [0.1, 0.15) is 11.3 Å². The number of aryl methyl sites for hydroxylation is 2. The van der Waals surface area contributed by atoms with E-state index in [2.05, 4.69) is 27.5 Å². The molecule has 4 heterocycles. The number of aromatic nitrogens is 1. The smallest absolute Gasteiger partial charge is 0.259 e. The summed E-state index contributed by atoms with van der Waals surface area (Å²) in [5.41, 5.74) is 2.35. The fourth-order valence-electron chi connectivity index (χ4n) is 6.25. The van der Waals surface area contributed by atoms with Crippen molar-refractivity contribution in [2.24, 2.45) is 5.92 Å². The number of benzene rings is 1. The monoisotopic (exact) mass is 510 g/mol. The van der Waals surface area contributed by atoms with Crippen LogP contribution in [0.1, 0.15) is 72.4 Å². The zero-order valence-electron chi connectivity index (χ0n) is 22.1. The molecule has 3 aliphatic rings. The molecule has 3 atom stereocenters. The van der Waals surface area contributed by atoms with Crippen molar-refractivity contribution in [3.8, 4) is 11.5 Å². The number of carbonyl (C=O) groups excluding carboxylic acids is 2. The molecule has 1 aromatic carbocycles. The number of methoxy groups -OCH3 is 1. The minimum Gasteiger partial charge on any atom is -0.493 e. The summed E-state index contributed by atoms with van der Waals surface area (Å²) in [6.45, 7) is 6.34. The number of fused-ring (bicyclic) bond motifs is 8. The molecule has 2 amide bonds. The lowest BCUT2D eigenvalue weighted by Crippen LogP contribution is -2.43. The molecule has 0 radical (unpaired) electrons. The Morgan fingerprint density at radius 1 is 1.24 bits per heavy atom. The first-order chi connectivity index (χ1) is 18.0. The van der Waals surface area contributed by atoms with E-state index in [1.165, 1.54) is 12.0 Å². The summed E-state index contributed by atoms with van der Waals surface area (Å²) in [5, 5.41) is 7.20. The van der Waals surface area contributed by atoms with Crippen LogP contribution < -0.4 is 14.8 Å². The third kappa shape index (κ3) is 5.19. The molecule has 9 nitrogen and oxygen atoms in total. The van der Waals surface area contributed by atoms with Crippen LogP contribution in [-0.4, -0.2) is 72.7 Å². The Morgan fingerprint density at radius 2 is 2.11 bits per heavy atom. The molecule has 200 valence electrons. The maximum Gasteiger partial charge on any atom is 0.259 e. The maximum atomic E-state index is 13.5. The Labute approximate surface area is 218 Å². The molecule has 37 heavy (non-hydrogen) atoms. The minimum atomic E-state index is -0.204. The highest BCUT2D eigenvalue weighted by atomic mass is 16.5. The molecule has 1 N–H and O–H groups in total. The Morgan fingerprint density at radius 3 is 2.92 bits per heavy atom. The van der Waals surface area contributed by atoms with E-state index in [0.717, 1.165) is 37.3 Å². The van der Waals surface area contributed by atoms with Crippen LogP contribution in [0, 0.1) is 12.8 Å². The highest BCUT2D eigenvalue weighted by Gasteiger charge is 2.44. The van der Waals surface area contributed by atoms with Gasteiger partial charge in [0.05, 0.1) is 26.0 Å². The molecular weight excluding hydrogens is 472 g/mol. The van der Waals surface area contributed by atoms with Crippen molar-refractivity contribution >= 4 is 11.8 Å². The van der Waals surface area contributed by atoms with Crippen molar-refractivity contribution in [3.05, 3.63) is 40.8 Å². The lowest BCUT2D eigenvalue weighted by atomic mass is 9.94. The number of amides is 2. The first-order valence-electron chi connectivity index (χ1n) is 13.6. The Kier molecular flexibility index (Phi) is 7.69. The Hall–Kier alpha value is -3.07. The third-order valence-corrected chi connectivity index (χ3v) is 8.13. The van der Waals surface area contributed by atoms with Gasteiger partial charge in [-0.1, -0.05) is 18.1 Å². The largest absolute Gasteiger partial charge is 0.493 e. The average molecular weight is 511 g/mol. The van der Waals surface area contributed by atoms with E-state index >= 15 is 0 Å². The molecule has 5 rings (SSSR count). The molecule has 1 aromatic heterocycles. The second kappa shape index (κ2) is 11.1. The zero-order valence-corrected chi connectivity index (χ0v) is 22.1. The normalized spacial score (nSPS) is 24.9. The summed E-state index contributed by atoms with van der Waals surface area (Å²) in [5.74, 6) is 2.03. The van der Waals surface area contributed by atoms with Gasteiger partial charge < -0.3 is 24.2 Å². The second-order valence-electron chi connectivity index (χ2n) is 10.4. The number of hydrogen-bond donors (Lipinski definition) is 1. The molecule has 2 saturated heterocycles. The molecule has 0 saturated carbocycles. The van der Waals surface area contributed by atoms with Crippen LogP contribution >= 0.6 is 0 Å². The van der Waals surface area contributed by atoms with Crippen molar-refractivity contribution in [2.45, 2.75) is 64.5 Å². The molecule has 4 bridgehead atoms. The first kappa shape index (κ1) is 25.6. The topological polar surface area (TPSA) is 97.1 Å². The summed E-state index contributed by atoms with van der Waals surface area (Å²) in [6, 6.07) is 7.04. The number of hydrogen-bond acceptors (Lipinski definition) is 7. The van der Waals surface area contributed by atoms with Crippen molar-refractivity contribution in [3.63, 3.8) is 0 Å². The summed E-state index contributed by atoms with van der Waals surface area (Å²) < 4.78 is 17.1. The van der Waals surface area contributed by atoms with E-state index in [1.807, 2.05) is 13.0 Å². The van der Waals surface area contributed by atoms with Crippen LogP contribution in [0.15, 0.2) is 22.7 Å². The van der Waals surface area contributed by atoms with Gasteiger partial charge in [-0.25, -0.2) is 0 Å². The highest BCUT2D eigenvalue weighted by Crippen LogP contribution is 2.46. The van der Waals surface area contributed by atoms with Crippen molar-refractivity contribution in [2.75, 3.05) is 39.9 Å². The molecule has 3 aliphatic heterocycles. The molecule has 2 fully saturated rings. The maximum absolute atomic E-state index is 13.5. The highest BCUT2D eigenvalue weighted by molar-refractivity contribution is 5.98. The molecule has 2 aromatic rings. The van der Waals surface area contributed by atoms with Gasteiger partial charge >= 0.3 is 0 Å². The van der Waals surface area contributed by atoms with Crippen molar-refractivity contribution in [1.29, 1.82) is 0 Å². The van der Waals surface area contributed by atoms with Crippen LogP contribution in [0.5, 0.6) is 11.5 Å². The lowest BCUT2D eigenvalue weighted by Gasteiger charge is -2.25. The SMILES string of the molecule is CCc1noc(C)c1C(=O)N1CCCCOc2cc(ccc2OC)[C@H]2C[C@H](CNC(=O)C1)[C@@H]1CCCN21. The number of ether oxygens (including phenoxy) is 2. The number of nitrogens with zero attached hydrogens (tertiary/aromatic N) is 3. The van der Waals surface area contributed by atoms with Crippen LogP contribution in [0.25, 0.3) is 0 Å². The van der Waals surface area contributed by atoms with Gasteiger partial charge in [0.25, 0.3) is 5.91 Å². The standard InChI is InChI=1S/C28H38N4O5/c1-4-21-27(18(2)37-30-21)28(34)31-11-5-6-13-36-25-15-19(9-10-24(25)35-3)23-14-20(16-29-26(33)17-31)22-8-7-12-32(22)23/h9-10,15,20,22-23H,4-8,11-14,16-17H2,1-3H3,(H,29,33)/t20-,22+,23-/m1/s1. The summed E-state index contributed by atoms with van der Waals surface area (Å²) in [6.07, 6.45) is 5.33. The summed E-state index contributed by atoms with van der Waals surface area (Å²) in [7, 11) is 1.67. The predicted octanol–water partition coefficient (Wildman–Crippen LogP) is 3.51. The lowest BCUT2D eigenvalue weighted by molar-refractivity contribution is -0.122. The van der Waals surface area contributed by atoms with E-state index in [9.17, 15) is 9.59 Å².